The molecule has 2 aromatic rings. The van der Waals surface area contributed by atoms with Gasteiger partial charge in [-0.15, -0.1) is 0 Å². The average molecular weight is 308 g/mol. The van der Waals surface area contributed by atoms with Crippen molar-refractivity contribution in [3.63, 3.8) is 0 Å². The lowest BCUT2D eigenvalue weighted by molar-refractivity contribution is 0.0956. The van der Waals surface area contributed by atoms with Crippen molar-refractivity contribution in [1.29, 1.82) is 0 Å². The summed E-state index contributed by atoms with van der Waals surface area (Å²) in [7, 11) is 0. The van der Waals surface area contributed by atoms with E-state index in [9.17, 15) is 4.79 Å². The zero-order chi connectivity index (χ0) is 13.0. The number of furan rings is 1. The number of carbonyl (C=O) groups is 1. The first-order chi connectivity index (χ1) is 8.66. The van der Waals surface area contributed by atoms with Crippen molar-refractivity contribution in [3.8, 4) is 0 Å². The second kappa shape index (κ2) is 5.50. The lowest BCUT2D eigenvalue weighted by Gasteiger charge is -2.02. The summed E-state index contributed by atoms with van der Waals surface area (Å²) < 4.78 is 5.79. The van der Waals surface area contributed by atoms with Crippen molar-refractivity contribution >= 4 is 33.7 Å². The Morgan fingerprint density at radius 1 is 1.33 bits per heavy atom. The van der Waals surface area contributed by atoms with Crippen LogP contribution in [0, 0.1) is 0 Å². The third-order valence-corrected chi connectivity index (χ3v) is 2.58. The number of nitrogens with zero attached hydrogens (tertiary/aromatic N) is 1. The molecule has 3 N–H and O–H groups in total. The number of nitrogen functional groups attached to an aromatic ring is 1. The molecule has 0 spiro atoms. The second-order valence-electron chi connectivity index (χ2n) is 3.43. The number of carbonyl (C=O) groups excluding carboxylic acids is 1. The summed E-state index contributed by atoms with van der Waals surface area (Å²) in [6, 6.07) is 10.2. The van der Waals surface area contributed by atoms with Crippen LogP contribution in [-0.2, 0) is 0 Å². The van der Waals surface area contributed by atoms with Crippen molar-refractivity contribution in [2.45, 2.75) is 0 Å². The number of amides is 1. The number of nitrogens with one attached hydrogen (secondary N) is 1. The van der Waals surface area contributed by atoms with Crippen molar-refractivity contribution in [1.82, 2.24) is 5.43 Å². The molecule has 0 radical (unpaired) electrons. The van der Waals surface area contributed by atoms with Gasteiger partial charge in [0.1, 0.15) is 5.76 Å². The van der Waals surface area contributed by atoms with E-state index in [1.807, 2.05) is 0 Å². The van der Waals surface area contributed by atoms with E-state index in [-0.39, 0.29) is 5.91 Å². The van der Waals surface area contributed by atoms with Crippen molar-refractivity contribution in [2.24, 2.45) is 5.10 Å². The smallest absolute Gasteiger partial charge is 0.273 e. The van der Waals surface area contributed by atoms with E-state index in [4.69, 9.17) is 10.2 Å². The number of hydrazone groups is 1. The number of nitrogens with two attached hydrogens (primary N) is 1. The first kappa shape index (κ1) is 12.4. The maximum atomic E-state index is 11.7. The molecule has 0 aliphatic heterocycles. The third-order valence-electron chi connectivity index (χ3n) is 2.16. The van der Waals surface area contributed by atoms with Crippen LogP contribution in [0.25, 0.3) is 0 Å². The Morgan fingerprint density at radius 3 is 2.78 bits per heavy atom. The Kier molecular flexibility index (Phi) is 3.78. The Bertz CT molecular complexity index is 593. The highest BCUT2D eigenvalue weighted by Gasteiger charge is 2.06. The van der Waals surface area contributed by atoms with Crippen LogP contribution in [0.15, 0.2) is 50.6 Å². The zero-order valence-electron chi connectivity index (χ0n) is 9.26. The van der Waals surface area contributed by atoms with Gasteiger partial charge in [0.25, 0.3) is 5.91 Å². The van der Waals surface area contributed by atoms with Gasteiger partial charge in [-0.25, -0.2) is 5.43 Å². The summed E-state index contributed by atoms with van der Waals surface area (Å²) in [6.45, 7) is 0. The van der Waals surface area contributed by atoms with E-state index in [1.165, 1.54) is 6.21 Å². The zero-order valence-corrected chi connectivity index (χ0v) is 10.8. The lowest BCUT2D eigenvalue weighted by Crippen LogP contribution is -2.18. The summed E-state index contributed by atoms with van der Waals surface area (Å²) >= 11 is 3.17. The van der Waals surface area contributed by atoms with Gasteiger partial charge in [-0.3, -0.25) is 4.79 Å². The molecule has 0 atom stereocenters. The predicted molar refractivity (Wildman–Crippen MR) is 72.3 cm³/mol. The molecular weight excluding hydrogens is 298 g/mol. The lowest BCUT2D eigenvalue weighted by atomic mass is 10.2. The molecule has 1 amide bonds. The molecule has 18 heavy (non-hydrogen) atoms. The van der Waals surface area contributed by atoms with Gasteiger partial charge in [-0.1, -0.05) is 12.1 Å². The molecule has 1 aromatic carbocycles. The molecule has 1 heterocycles. The van der Waals surface area contributed by atoms with Gasteiger partial charge < -0.3 is 10.2 Å². The largest absolute Gasteiger partial charge is 0.448 e. The van der Waals surface area contributed by atoms with E-state index >= 15 is 0 Å². The minimum Gasteiger partial charge on any atom is -0.448 e. The van der Waals surface area contributed by atoms with Crippen LogP contribution in [0.5, 0.6) is 0 Å². The molecule has 1 aromatic heterocycles. The van der Waals surface area contributed by atoms with Crippen LogP contribution in [0.4, 0.5) is 5.69 Å². The highest BCUT2D eigenvalue weighted by atomic mass is 79.9. The van der Waals surface area contributed by atoms with Gasteiger partial charge in [0.2, 0.25) is 0 Å². The van der Waals surface area contributed by atoms with Crippen molar-refractivity contribution in [3.05, 3.63) is 52.4 Å². The summed E-state index contributed by atoms with van der Waals surface area (Å²) in [4.78, 5) is 11.7. The van der Waals surface area contributed by atoms with Gasteiger partial charge in [0.05, 0.1) is 11.8 Å². The Morgan fingerprint density at radius 2 is 2.11 bits per heavy atom. The fourth-order valence-electron chi connectivity index (χ4n) is 1.32. The van der Waals surface area contributed by atoms with E-state index in [2.05, 4.69) is 26.5 Å². The number of hydrogen-bond acceptors (Lipinski definition) is 4. The Labute approximate surface area is 112 Å². The van der Waals surface area contributed by atoms with E-state index in [1.54, 1.807) is 36.4 Å². The second-order valence-corrected chi connectivity index (χ2v) is 4.21. The highest BCUT2D eigenvalue weighted by Crippen LogP contribution is 2.12. The van der Waals surface area contributed by atoms with Crippen LogP contribution in [0.1, 0.15) is 16.1 Å². The highest BCUT2D eigenvalue weighted by molar-refractivity contribution is 9.10. The molecule has 0 saturated carbocycles. The van der Waals surface area contributed by atoms with Crippen LogP contribution >= 0.6 is 15.9 Å². The minimum absolute atomic E-state index is 0.366. The number of rotatable bonds is 3. The fraction of sp³-hybridized carbons (Fsp3) is 0. The van der Waals surface area contributed by atoms with Crippen molar-refractivity contribution in [2.75, 3.05) is 5.73 Å². The SMILES string of the molecule is Nc1ccccc1C(=O)N/N=C\c1ccc(Br)o1. The molecule has 2 rings (SSSR count). The van der Waals surface area contributed by atoms with Gasteiger partial charge in [0.15, 0.2) is 4.67 Å². The molecule has 0 bridgehead atoms. The summed E-state index contributed by atoms with van der Waals surface area (Å²) in [5.74, 6) is 0.165. The summed E-state index contributed by atoms with van der Waals surface area (Å²) in [6.07, 6.45) is 1.40. The molecule has 0 unspecified atom stereocenters. The maximum absolute atomic E-state index is 11.7. The molecule has 0 aliphatic carbocycles. The number of hydrogen-bond donors (Lipinski definition) is 2. The first-order valence-corrected chi connectivity index (χ1v) is 5.89. The monoisotopic (exact) mass is 307 g/mol. The number of anilines is 1. The topological polar surface area (TPSA) is 80.6 Å². The normalized spacial score (nSPS) is 10.7. The predicted octanol–water partition coefficient (Wildman–Crippen LogP) is 2.39. The van der Waals surface area contributed by atoms with Gasteiger partial charge >= 0.3 is 0 Å². The molecule has 0 fully saturated rings. The van der Waals surface area contributed by atoms with Gasteiger partial charge in [-0.05, 0) is 40.2 Å². The molecule has 0 aliphatic rings. The Balaban J connectivity index is 2.01. The van der Waals surface area contributed by atoms with Crippen LogP contribution in [0.2, 0.25) is 0 Å². The van der Waals surface area contributed by atoms with Crippen LogP contribution in [0.3, 0.4) is 0 Å². The minimum atomic E-state index is -0.366. The standard InChI is InChI=1S/C12H10BrN3O2/c13-11-6-5-8(18-11)7-15-16-12(17)9-3-1-2-4-10(9)14/h1-7H,14H2,(H,16,17)/b15-7-. The number of para-hydroxylation sites is 1. The molecule has 5 nitrogen and oxygen atoms in total. The number of benzene rings is 1. The van der Waals surface area contributed by atoms with Gasteiger partial charge in [0, 0.05) is 5.69 Å². The average Bonchev–Trinajstić information content (AvgIpc) is 2.75. The fourth-order valence-corrected chi connectivity index (χ4v) is 1.64. The van der Waals surface area contributed by atoms with E-state index in [0.717, 1.165) is 0 Å². The molecule has 92 valence electrons. The number of halogens is 1. The van der Waals surface area contributed by atoms with E-state index < -0.39 is 0 Å². The maximum Gasteiger partial charge on any atom is 0.273 e. The summed E-state index contributed by atoms with van der Waals surface area (Å²) in [5.41, 5.74) is 8.84. The Hall–Kier alpha value is -2.08. The molecular formula is C12H10BrN3O2. The third kappa shape index (κ3) is 2.98. The van der Waals surface area contributed by atoms with Crippen LogP contribution < -0.4 is 11.2 Å². The van der Waals surface area contributed by atoms with Crippen LogP contribution in [-0.4, -0.2) is 12.1 Å². The van der Waals surface area contributed by atoms with E-state index in [0.29, 0.717) is 21.7 Å². The van der Waals surface area contributed by atoms with Gasteiger partial charge in [-0.2, -0.15) is 5.10 Å². The quantitative estimate of drug-likeness (QED) is 0.519. The molecule has 6 heteroatoms. The van der Waals surface area contributed by atoms with Crippen molar-refractivity contribution < 1.29 is 9.21 Å². The molecule has 0 saturated heterocycles. The first-order valence-electron chi connectivity index (χ1n) is 5.10. The summed E-state index contributed by atoms with van der Waals surface area (Å²) in [5, 5.41) is 3.78.